The summed E-state index contributed by atoms with van der Waals surface area (Å²) in [7, 11) is 3.35. The van der Waals surface area contributed by atoms with Gasteiger partial charge in [0.05, 0.1) is 30.2 Å². The average Bonchev–Trinajstić information content (AvgIpc) is 3.38. The molecule has 8 heteroatoms. The Balaban J connectivity index is 1.58. The van der Waals surface area contributed by atoms with Gasteiger partial charge in [-0.15, -0.1) is 0 Å². The highest BCUT2D eigenvalue weighted by atomic mass is 16.5. The molecule has 31 heavy (non-hydrogen) atoms. The van der Waals surface area contributed by atoms with Crippen molar-refractivity contribution in [3.63, 3.8) is 0 Å². The number of fused-ring (bicyclic) bond motifs is 3. The molecule has 0 aliphatic carbocycles. The van der Waals surface area contributed by atoms with Crippen LogP contribution in [-0.4, -0.2) is 28.9 Å². The second-order valence-corrected chi connectivity index (χ2v) is 7.31. The van der Waals surface area contributed by atoms with E-state index in [-0.39, 0.29) is 5.91 Å². The first-order valence-electron chi connectivity index (χ1n) is 9.71. The van der Waals surface area contributed by atoms with E-state index in [9.17, 15) is 9.59 Å². The number of benzene rings is 2. The number of rotatable bonds is 4. The molecular formula is C23H19N3O5. The zero-order valence-corrected chi connectivity index (χ0v) is 16.9. The quantitative estimate of drug-likeness (QED) is 0.513. The first-order chi connectivity index (χ1) is 15.0. The molecule has 4 aromatic rings. The van der Waals surface area contributed by atoms with Crippen LogP contribution in [0.1, 0.15) is 17.0 Å². The number of para-hydroxylation sites is 1. The predicted molar refractivity (Wildman–Crippen MR) is 114 cm³/mol. The molecule has 1 aliphatic rings. The summed E-state index contributed by atoms with van der Waals surface area (Å²) in [6, 6.07) is 14.1. The molecule has 2 aromatic heterocycles. The highest BCUT2D eigenvalue weighted by Crippen LogP contribution is 2.44. The van der Waals surface area contributed by atoms with E-state index < -0.39 is 17.6 Å². The highest BCUT2D eigenvalue weighted by Gasteiger charge is 2.44. The van der Waals surface area contributed by atoms with Gasteiger partial charge in [-0.3, -0.25) is 9.48 Å². The molecule has 8 nitrogen and oxygen atoms in total. The third kappa shape index (κ3) is 3.22. The van der Waals surface area contributed by atoms with Crippen molar-refractivity contribution in [2.45, 2.75) is 12.0 Å². The van der Waals surface area contributed by atoms with Gasteiger partial charge in [0, 0.05) is 24.5 Å². The van der Waals surface area contributed by atoms with Crippen molar-refractivity contribution in [2.24, 2.45) is 7.05 Å². The number of nitrogens with one attached hydrogen (secondary N) is 1. The minimum absolute atomic E-state index is 0.321. The van der Waals surface area contributed by atoms with Gasteiger partial charge in [0.1, 0.15) is 17.1 Å². The van der Waals surface area contributed by atoms with Crippen LogP contribution in [0.5, 0.6) is 11.5 Å². The number of amides is 1. The van der Waals surface area contributed by atoms with E-state index in [1.54, 1.807) is 73.7 Å². The summed E-state index contributed by atoms with van der Waals surface area (Å²) in [6.45, 7) is 0. The van der Waals surface area contributed by atoms with E-state index in [0.29, 0.717) is 39.3 Å². The fourth-order valence-corrected chi connectivity index (χ4v) is 3.91. The first-order valence-corrected chi connectivity index (χ1v) is 9.71. The molecule has 0 saturated carbocycles. The Hall–Kier alpha value is -4.07. The molecule has 2 aromatic carbocycles. The van der Waals surface area contributed by atoms with Gasteiger partial charge < -0.3 is 19.2 Å². The lowest BCUT2D eigenvalue weighted by molar-refractivity contribution is -0.122. The molecule has 5 rings (SSSR count). The topological polar surface area (TPSA) is 95.6 Å². The van der Waals surface area contributed by atoms with Crippen molar-refractivity contribution < 1.29 is 18.7 Å². The summed E-state index contributed by atoms with van der Waals surface area (Å²) in [6.07, 6.45) is 2.44. The van der Waals surface area contributed by atoms with Crippen LogP contribution >= 0.6 is 0 Å². The van der Waals surface area contributed by atoms with Crippen LogP contribution < -0.4 is 20.4 Å². The third-order valence-corrected chi connectivity index (χ3v) is 5.36. The predicted octanol–water partition coefficient (Wildman–Crippen LogP) is 3.07. The number of carbonyl (C=O) groups excluding carboxylic acids is 1. The van der Waals surface area contributed by atoms with E-state index in [1.807, 2.05) is 6.07 Å². The van der Waals surface area contributed by atoms with Crippen LogP contribution in [0.2, 0.25) is 0 Å². The molecule has 0 spiro atoms. The second kappa shape index (κ2) is 7.32. The fraction of sp³-hybridized carbons (Fsp3) is 0.174. The minimum Gasteiger partial charge on any atom is -0.497 e. The van der Waals surface area contributed by atoms with Crippen LogP contribution in [0.4, 0.5) is 5.69 Å². The van der Waals surface area contributed by atoms with E-state index in [2.05, 4.69) is 10.4 Å². The highest BCUT2D eigenvalue weighted by molar-refractivity contribution is 5.97. The Labute approximate surface area is 177 Å². The van der Waals surface area contributed by atoms with E-state index in [0.717, 1.165) is 0 Å². The summed E-state index contributed by atoms with van der Waals surface area (Å²) < 4.78 is 18.4. The zero-order valence-electron chi connectivity index (χ0n) is 16.9. The number of aryl methyl sites for hydroxylation is 1. The molecule has 0 fully saturated rings. The van der Waals surface area contributed by atoms with Crippen LogP contribution in [0.15, 0.2) is 70.1 Å². The van der Waals surface area contributed by atoms with Crippen LogP contribution in [0.3, 0.4) is 0 Å². The first kappa shape index (κ1) is 18.9. The standard InChI is InChI=1S/C23H19N3O5/c1-26-12-13(11-24-26)18-19-20(16-5-3-4-6-17(16)30-23(19)28)31-21(18)22(27)25-14-7-9-15(29-2)10-8-14/h3-12,18,21H,1-2H3,(H,25,27)/t18-,21+/m1/s1. The maximum atomic E-state index is 13.2. The maximum Gasteiger partial charge on any atom is 0.344 e. The summed E-state index contributed by atoms with van der Waals surface area (Å²) >= 11 is 0. The van der Waals surface area contributed by atoms with Gasteiger partial charge in [-0.05, 0) is 36.4 Å². The van der Waals surface area contributed by atoms with Crippen molar-refractivity contribution in [1.29, 1.82) is 0 Å². The number of hydrogen-bond acceptors (Lipinski definition) is 6. The van der Waals surface area contributed by atoms with Gasteiger partial charge >= 0.3 is 5.63 Å². The molecule has 1 amide bonds. The minimum atomic E-state index is -0.963. The van der Waals surface area contributed by atoms with Gasteiger partial charge in [-0.25, -0.2) is 4.79 Å². The third-order valence-electron chi connectivity index (χ3n) is 5.36. The van der Waals surface area contributed by atoms with Gasteiger partial charge in [0.25, 0.3) is 5.91 Å². The number of aromatic nitrogens is 2. The smallest absolute Gasteiger partial charge is 0.344 e. The number of ether oxygens (including phenoxy) is 2. The number of carbonyl (C=O) groups is 1. The van der Waals surface area contributed by atoms with Crippen molar-refractivity contribution >= 4 is 22.6 Å². The average molecular weight is 417 g/mol. The Morgan fingerprint density at radius 3 is 2.65 bits per heavy atom. The number of hydrogen-bond donors (Lipinski definition) is 1. The van der Waals surface area contributed by atoms with Gasteiger partial charge in [0.15, 0.2) is 6.10 Å². The van der Waals surface area contributed by atoms with Gasteiger partial charge in [0.2, 0.25) is 0 Å². The maximum absolute atomic E-state index is 13.2. The molecule has 1 aliphatic heterocycles. The zero-order chi connectivity index (χ0) is 21.5. The molecule has 3 heterocycles. The summed E-state index contributed by atoms with van der Waals surface area (Å²) in [4.78, 5) is 26.1. The van der Waals surface area contributed by atoms with Gasteiger partial charge in [-0.1, -0.05) is 12.1 Å². The van der Waals surface area contributed by atoms with Crippen molar-refractivity contribution in [1.82, 2.24) is 9.78 Å². The molecular weight excluding hydrogens is 398 g/mol. The Bertz CT molecular complexity index is 1340. The molecule has 2 atom stereocenters. The summed E-state index contributed by atoms with van der Waals surface area (Å²) in [5, 5.41) is 7.71. The van der Waals surface area contributed by atoms with Crippen molar-refractivity contribution in [3.05, 3.63) is 82.5 Å². The van der Waals surface area contributed by atoms with Crippen LogP contribution in [0.25, 0.3) is 11.0 Å². The van der Waals surface area contributed by atoms with E-state index in [4.69, 9.17) is 13.9 Å². The van der Waals surface area contributed by atoms with Crippen molar-refractivity contribution in [2.75, 3.05) is 12.4 Å². The fourth-order valence-electron chi connectivity index (χ4n) is 3.91. The van der Waals surface area contributed by atoms with E-state index >= 15 is 0 Å². The lowest BCUT2D eigenvalue weighted by atomic mass is 9.90. The summed E-state index contributed by atoms with van der Waals surface area (Å²) in [5.74, 6) is 0.0249. The monoisotopic (exact) mass is 417 g/mol. The number of methoxy groups -OCH3 is 1. The Kier molecular flexibility index (Phi) is 4.47. The molecule has 0 radical (unpaired) electrons. The molecule has 0 saturated heterocycles. The summed E-state index contributed by atoms with van der Waals surface area (Å²) in [5.41, 5.74) is 1.49. The second-order valence-electron chi connectivity index (χ2n) is 7.31. The number of anilines is 1. The Morgan fingerprint density at radius 2 is 1.94 bits per heavy atom. The lowest BCUT2D eigenvalue weighted by Gasteiger charge is -2.17. The largest absolute Gasteiger partial charge is 0.497 e. The molecule has 1 N–H and O–H groups in total. The van der Waals surface area contributed by atoms with Crippen molar-refractivity contribution in [3.8, 4) is 11.5 Å². The van der Waals surface area contributed by atoms with E-state index in [1.165, 1.54) is 0 Å². The Morgan fingerprint density at radius 1 is 1.16 bits per heavy atom. The van der Waals surface area contributed by atoms with Crippen LogP contribution in [-0.2, 0) is 11.8 Å². The normalized spacial score (nSPS) is 17.2. The lowest BCUT2D eigenvalue weighted by Crippen LogP contribution is -2.35. The molecule has 0 unspecified atom stereocenters. The molecule has 156 valence electrons. The molecule has 0 bridgehead atoms. The van der Waals surface area contributed by atoms with Gasteiger partial charge in [-0.2, -0.15) is 5.10 Å². The SMILES string of the molecule is COc1ccc(NC(=O)[C@H]2Oc3c(c(=O)oc4ccccc34)[C@H]2c2cnn(C)c2)cc1. The number of nitrogens with zero attached hydrogens (tertiary/aromatic N) is 2. The van der Waals surface area contributed by atoms with Crippen LogP contribution in [0, 0.1) is 0 Å².